The van der Waals surface area contributed by atoms with Crippen molar-refractivity contribution in [2.24, 2.45) is 0 Å². The van der Waals surface area contributed by atoms with E-state index in [0.29, 0.717) is 0 Å². The summed E-state index contributed by atoms with van der Waals surface area (Å²) in [5.41, 5.74) is -0.476. The molecular formula is C19H16BrFN2O4. The van der Waals surface area contributed by atoms with Gasteiger partial charge in [-0.3, -0.25) is 13.9 Å². The number of rotatable bonds is 4. The molecule has 0 aliphatic heterocycles. The monoisotopic (exact) mass is 434 g/mol. The number of benzene rings is 2. The van der Waals surface area contributed by atoms with Gasteiger partial charge in [0, 0.05) is 4.47 Å². The van der Waals surface area contributed by atoms with Crippen LogP contribution in [0.5, 0.6) is 0 Å². The lowest BCUT2D eigenvalue weighted by Gasteiger charge is -2.18. The van der Waals surface area contributed by atoms with Crippen molar-refractivity contribution >= 4 is 32.8 Å². The Kier molecular flexibility index (Phi) is 5.27. The summed E-state index contributed by atoms with van der Waals surface area (Å²) in [5.74, 6) is -1.28. The minimum Gasteiger partial charge on any atom is -0.467 e. The van der Waals surface area contributed by atoms with Gasteiger partial charge in [-0.1, -0.05) is 28.1 Å². The molecule has 3 rings (SSSR count). The van der Waals surface area contributed by atoms with Crippen LogP contribution in [0.25, 0.3) is 10.9 Å². The molecule has 1 atom stereocenters. The number of ether oxygens (including phenoxy) is 1. The van der Waals surface area contributed by atoms with Crippen LogP contribution in [0.2, 0.25) is 0 Å². The van der Waals surface area contributed by atoms with E-state index >= 15 is 0 Å². The van der Waals surface area contributed by atoms with E-state index < -0.39 is 29.1 Å². The van der Waals surface area contributed by atoms with Crippen molar-refractivity contribution in [1.29, 1.82) is 0 Å². The third kappa shape index (κ3) is 3.57. The number of nitrogens with zero attached hydrogens (tertiary/aromatic N) is 2. The van der Waals surface area contributed by atoms with Gasteiger partial charge in [0.05, 0.1) is 24.6 Å². The standard InChI is InChI=1S/C19H16BrFN2O4/c1-11(18(25)27-2)23-16-9-14(21)7-8-15(16)17(24)22(19(23)26)10-12-3-5-13(20)6-4-12/h3-9,11H,10H2,1-2H3. The Labute approximate surface area is 161 Å². The second kappa shape index (κ2) is 7.48. The quantitative estimate of drug-likeness (QED) is 0.592. The fraction of sp³-hybridized carbons (Fsp3) is 0.211. The van der Waals surface area contributed by atoms with Crippen molar-refractivity contribution < 1.29 is 13.9 Å². The normalized spacial score (nSPS) is 12.1. The summed E-state index contributed by atoms with van der Waals surface area (Å²) in [5, 5.41) is 0.142. The van der Waals surface area contributed by atoms with Gasteiger partial charge in [0.25, 0.3) is 5.56 Å². The van der Waals surface area contributed by atoms with Crippen LogP contribution in [0.4, 0.5) is 4.39 Å². The molecule has 0 saturated carbocycles. The minimum absolute atomic E-state index is 0.0200. The highest BCUT2D eigenvalue weighted by molar-refractivity contribution is 9.10. The third-order valence-electron chi connectivity index (χ3n) is 4.32. The Balaban J connectivity index is 2.30. The molecule has 1 heterocycles. The second-order valence-corrected chi connectivity index (χ2v) is 6.95. The number of methoxy groups -OCH3 is 1. The molecule has 0 fully saturated rings. The van der Waals surface area contributed by atoms with Gasteiger partial charge in [-0.2, -0.15) is 0 Å². The van der Waals surface area contributed by atoms with Crippen LogP contribution in [-0.4, -0.2) is 22.2 Å². The molecular weight excluding hydrogens is 419 g/mol. The van der Waals surface area contributed by atoms with Crippen molar-refractivity contribution in [3.05, 3.63) is 79.2 Å². The molecule has 2 aromatic carbocycles. The Hall–Kier alpha value is -2.74. The number of halogens is 2. The van der Waals surface area contributed by atoms with Gasteiger partial charge in [0.2, 0.25) is 0 Å². The summed E-state index contributed by atoms with van der Waals surface area (Å²) in [6.45, 7) is 1.48. The van der Waals surface area contributed by atoms with Gasteiger partial charge in [0.15, 0.2) is 0 Å². The molecule has 140 valence electrons. The van der Waals surface area contributed by atoms with E-state index in [2.05, 4.69) is 15.9 Å². The summed E-state index contributed by atoms with van der Waals surface area (Å²) in [6, 6.07) is 9.65. The zero-order valence-electron chi connectivity index (χ0n) is 14.6. The van der Waals surface area contributed by atoms with Crippen LogP contribution in [0.15, 0.2) is 56.5 Å². The number of fused-ring (bicyclic) bond motifs is 1. The van der Waals surface area contributed by atoms with Crippen LogP contribution in [0, 0.1) is 5.82 Å². The lowest BCUT2D eigenvalue weighted by atomic mass is 10.2. The molecule has 0 radical (unpaired) electrons. The Morgan fingerprint density at radius 3 is 2.48 bits per heavy atom. The van der Waals surface area contributed by atoms with Crippen LogP contribution in [-0.2, 0) is 16.1 Å². The fourth-order valence-electron chi connectivity index (χ4n) is 2.91. The highest BCUT2D eigenvalue weighted by Crippen LogP contribution is 2.17. The second-order valence-electron chi connectivity index (χ2n) is 6.03. The van der Waals surface area contributed by atoms with E-state index in [4.69, 9.17) is 4.74 Å². The number of hydrogen-bond acceptors (Lipinski definition) is 4. The van der Waals surface area contributed by atoms with Crippen molar-refractivity contribution in [2.75, 3.05) is 7.11 Å². The number of carbonyl (C=O) groups is 1. The lowest BCUT2D eigenvalue weighted by Crippen LogP contribution is -2.42. The van der Waals surface area contributed by atoms with Gasteiger partial charge in [-0.15, -0.1) is 0 Å². The molecule has 0 aliphatic carbocycles. The molecule has 0 N–H and O–H groups in total. The Bertz CT molecular complexity index is 1140. The Morgan fingerprint density at radius 2 is 1.85 bits per heavy atom. The van der Waals surface area contributed by atoms with E-state index in [1.165, 1.54) is 20.1 Å². The van der Waals surface area contributed by atoms with Gasteiger partial charge in [0.1, 0.15) is 11.9 Å². The molecule has 1 unspecified atom stereocenters. The topological polar surface area (TPSA) is 70.3 Å². The van der Waals surface area contributed by atoms with E-state index in [0.717, 1.165) is 31.3 Å². The largest absolute Gasteiger partial charge is 0.467 e. The molecule has 3 aromatic rings. The Morgan fingerprint density at radius 1 is 1.19 bits per heavy atom. The summed E-state index contributed by atoms with van der Waals surface area (Å²) in [7, 11) is 1.20. The summed E-state index contributed by atoms with van der Waals surface area (Å²) in [4.78, 5) is 37.9. The third-order valence-corrected chi connectivity index (χ3v) is 4.84. The molecule has 0 aliphatic rings. The maximum atomic E-state index is 13.8. The maximum absolute atomic E-state index is 13.8. The first-order chi connectivity index (χ1) is 12.8. The van der Waals surface area contributed by atoms with Gasteiger partial charge >= 0.3 is 11.7 Å². The first-order valence-electron chi connectivity index (χ1n) is 8.10. The summed E-state index contributed by atoms with van der Waals surface area (Å²) >= 11 is 3.33. The summed E-state index contributed by atoms with van der Waals surface area (Å²) in [6.07, 6.45) is 0. The van der Waals surface area contributed by atoms with Crippen molar-refractivity contribution in [2.45, 2.75) is 19.5 Å². The molecule has 1 aromatic heterocycles. The molecule has 0 spiro atoms. The lowest BCUT2D eigenvalue weighted by molar-refractivity contribution is -0.144. The average molecular weight is 435 g/mol. The SMILES string of the molecule is COC(=O)C(C)n1c(=O)n(Cc2ccc(Br)cc2)c(=O)c2ccc(F)cc21. The van der Waals surface area contributed by atoms with E-state index in [1.807, 2.05) is 0 Å². The maximum Gasteiger partial charge on any atom is 0.332 e. The first-order valence-corrected chi connectivity index (χ1v) is 8.89. The van der Waals surface area contributed by atoms with Crippen LogP contribution >= 0.6 is 15.9 Å². The highest BCUT2D eigenvalue weighted by Gasteiger charge is 2.23. The average Bonchev–Trinajstić information content (AvgIpc) is 2.65. The van der Waals surface area contributed by atoms with E-state index in [-0.39, 0.29) is 17.4 Å². The number of hydrogen-bond donors (Lipinski definition) is 0. The zero-order chi connectivity index (χ0) is 19.7. The number of carbonyl (C=O) groups excluding carboxylic acids is 1. The van der Waals surface area contributed by atoms with Crippen LogP contribution in [0.3, 0.4) is 0 Å². The highest BCUT2D eigenvalue weighted by atomic mass is 79.9. The minimum atomic E-state index is -1.02. The van der Waals surface area contributed by atoms with Crippen molar-refractivity contribution in [3.63, 3.8) is 0 Å². The molecule has 0 bridgehead atoms. The molecule has 0 saturated heterocycles. The fourth-order valence-corrected chi connectivity index (χ4v) is 3.18. The number of aromatic nitrogens is 2. The molecule has 0 amide bonds. The van der Waals surface area contributed by atoms with Gasteiger partial charge in [-0.05, 0) is 42.8 Å². The zero-order valence-corrected chi connectivity index (χ0v) is 16.2. The predicted octanol–water partition coefficient (Wildman–Crippen LogP) is 2.85. The van der Waals surface area contributed by atoms with Gasteiger partial charge in [-0.25, -0.2) is 14.0 Å². The van der Waals surface area contributed by atoms with E-state index in [1.54, 1.807) is 24.3 Å². The van der Waals surface area contributed by atoms with Gasteiger partial charge < -0.3 is 4.74 Å². The first kappa shape index (κ1) is 19.0. The van der Waals surface area contributed by atoms with Crippen molar-refractivity contribution in [3.8, 4) is 0 Å². The smallest absolute Gasteiger partial charge is 0.332 e. The predicted molar refractivity (Wildman–Crippen MR) is 102 cm³/mol. The van der Waals surface area contributed by atoms with Crippen molar-refractivity contribution in [1.82, 2.24) is 9.13 Å². The number of esters is 1. The van der Waals surface area contributed by atoms with Crippen LogP contribution in [0.1, 0.15) is 18.5 Å². The van der Waals surface area contributed by atoms with E-state index in [9.17, 15) is 18.8 Å². The molecule has 27 heavy (non-hydrogen) atoms. The molecule has 6 nitrogen and oxygen atoms in total. The summed E-state index contributed by atoms with van der Waals surface area (Å²) < 4.78 is 21.5. The molecule has 8 heteroatoms. The van der Waals surface area contributed by atoms with Crippen LogP contribution < -0.4 is 11.2 Å².